The third-order valence-corrected chi connectivity index (χ3v) is 4.89. The van der Waals surface area contributed by atoms with Gasteiger partial charge in [0.1, 0.15) is 11.6 Å². The Morgan fingerprint density at radius 1 is 1.15 bits per heavy atom. The molecule has 0 aliphatic carbocycles. The molecule has 0 aliphatic rings. The quantitative estimate of drug-likeness (QED) is 0.532. The number of halogens is 1. The van der Waals surface area contributed by atoms with Gasteiger partial charge >= 0.3 is 0 Å². The van der Waals surface area contributed by atoms with Gasteiger partial charge in [-0.05, 0) is 54.5 Å². The first-order valence-corrected chi connectivity index (χ1v) is 9.36. The number of rotatable bonds is 5. The second-order valence-corrected chi connectivity index (χ2v) is 6.98. The van der Waals surface area contributed by atoms with Crippen molar-refractivity contribution in [1.82, 2.24) is 14.6 Å². The summed E-state index contributed by atoms with van der Waals surface area (Å²) in [6.07, 6.45) is 2.76. The van der Waals surface area contributed by atoms with Crippen molar-refractivity contribution in [2.75, 3.05) is 6.61 Å². The summed E-state index contributed by atoms with van der Waals surface area (Å²) in [4.78, 5) is 17.5. The highest BCUT2D eigenvalue weighted by molar-refractivity contribution is 7.15. The van der Waals surface area contributed by atoms with E-state index in [0.717, 1.165) is 17.7 Å². The molecule has 0 saturated heterocycles. The molecular formula is C20H16FN3O2S. The van der Waals surface area contributed by atoms with Gasteiger partial charge in [-0.2, -0.15) is 9.50 Å². The van der Waals surface area contributed by atoms with E-state index < -0.39 is 0 Å². The zero-order chi connectivity index (χ0) is 18.8. The molecule has 2 heterocycles. The summed E-state index contributed by atoms with van der Waals surface area (Å²) in [5, 5.41) is 4.26. The summed E-state index contributed by atoms with van der Waals surface area (Å²) in [5.74, 6) is 0.887. The second kappa shape index (κ2) is 7.28. The Morgan fingerprint density at radius 2 is 1.89 bits per heavy atom. The third-order valence-electron chi connectivity index (χ3n) is 3.93. The number of aromatic nitrogens is 3. The third kappa shape index (κ3) is 3.59. The van der Waals surface area contributed by atoms with Crippen LogP contribution in [0, 0.1) is 5.82 Å². The summed E-state index contributed by atoms with van der Waals surface area (Å²) in [7, 11) is 0. The molecule has 7 heteroatoms. The number of hydrogen-bond donors (Lipinski definition) is 0. The molecule has 4 rings (SSSR count). The van der Waals surface area contributed by atoms with Crippen LogP contribution in [-0.2, 0) is 0 Å². The summed E-state index contributed by atoms with van der Waals surface area (Å²) in [6, 6.07) is 13.5. The SMILES string of the molecule is CCCOc1ccc(/C=c2/sc3nc(-c4ccc(F)cc4)nn3c2=O)cc1. The number of ether oxygens (including phenoxy) is 1. The van der Waals surface area contributed by atoms with Gasteiger partial charge in [0, 0.05) is 5.56 Å². The number of fused-ring (bicyclic) bond motifs is 1. The number of nitrogens with zero attached hydrogens (tertiary/aromatic N) is 3. The van der Waals surface area contributed by atoms with Gasteiger partial charge in [-0.1, -0.05) is 30.4 Å². The predicted octanol–water partition coefficient (Wildman–Crippen LogP) is 3.29. The Morgan fingerprint density at radius 3 is 2.56 bits per heavy atom. The van der Waals surface area contributed by atoms with E-state index in [9.17, 15) is 9.18 Å². The van der Waals surface area contributed by atoms with E-state index in [2.05, 4.69) is 17.0 Å². The smallest absolute Gasteiger partial charge is 0.291 e. The highest BCUT2D eigenvalue weighted by atomic mass is 32.1. The highest BCUT2D eigenvalue weighted by Gasteiger charge is 2.12. The van der Waals surface area contributed by atoms with E-state index in [4.69, 9.17) is 4.74 Å². The maximum atomic E-state index is 13.1. The normalized spacial score (nSPS) is 12.0. The highest BCUT2D eigenvalue weighted by Crippen LogP contribution is 2.17. The first kappa shape index (κ1) is 17.4. The van der Waals surface area contributed by atoms with Gasteiger partial charge in [0.2, 0.25) is 4.96 Å². The largest absolute Gasteiger partial charge is 0.494 e. The summed E-state index contributed by atoms with van der Waals surface area (Å²) >= 11 is 1.27. The van der Waals surface area contributed by atoms with Crippen LogP contribution in [0.15, 0.2) is 53.3 Å². The van der Waals surface area contributed by atoms with E-state index >= 15 is 0 Å². The zero-order valence-electron chi connectivity index (χ0n) is 14.6. The average molecular weight is 381 g/mol. The summed E-state index contributed by atoms with van der Waals surface area (Å²) in [6.45, 7) is 2.73. The zero-order valence-corrected chi connectivity index (χ0v) is 15.4. The molecule has 2 aromatic heterocycles. The Balaban J connectivity index is 1.66. The van der Waals surface area contributed by atoms with E-state index in [1.165, 1.54) is 28.0 Å². The average Bonchev–Trinajstić information content (AvgIpc) is 3.22. The fourth-order valence-corrected chi connectivity index (χ4v) is 3.49. The maximum absolute atomic E-state index is 13.1. The molecule has 0 atom stereocenters. The number of hydrogen-bond acceptors (Lipinski definition) is 5. The summed E-state index contributed by atoms with van der Waals surface area (Å²) in [5.41, 5.74) is 1.35. The monoisotopic (exact) mass is 381 g/mol. The van der Waals surface area contributed by atoms with E-state index in [1.54, 1.807) is 12.1 Å². The molecular weight excluding hydrogens is 365 g/mol. The number of thiazole rings is 1. The molecule has 136 valence electrons. The van der Waals surface area contributed by atoms with Crippen molar-refractivity contribution in [1.29, 1.82) is 0 Å². The van der Waals surface area contributed by atoms with Gasteiger partial charge in [-0.3, -0.25) is 4.79 Å². The van der Waals surface area contributed by atoms with Crippen LogP contribution in [-0.4, -0.2) is 21.2 Å². The summed E-state index contributed by atoms with van der Waals surface area (Å²) < 4.78 is 20.5. The Bertz CT molecular complexity index is 1180. The first-order chi connectivity index (χ1) is 13.1. The molecule has 0 amide bonds. The molecule has 4 aromatic rings. The lowest BCUT2D eigenvalue weighted by Gasteiger charge is -2.03. The lowest BCUT2D eigenvalue weighted by atomic mass is 10.2. The first-order valence-electron chi connectivity index (χ1n) is 8.54. The lowest BCUT2D eigenvalue weighted by molar-refractivity contribution is 0.317. The van der Waals surface area contributed by atoms with Crippen LogP contribution in [0.2, 0.25) is 0 Å². The Hall–Kier alpha value is -3.06. The molecule has 0 radical (unpaired) electrons. The van der Waals surface area contributed by atoms with Crippen LogP contribution in [0.5, 0.6) is 5.75 Å². The van der Waals surface area contributed by atoms with Gasteiger partial charge in [-0.15, -0.1) is 5.10 Å². The molecule has 0 spiro atoms. The molecule has 0 fully saturated rings. The van der Waals surface area contributed by atoms with Crippen LogP contribution < -0.4 is 14.8 Å². The number of benzene rings is 2. The van der Waals surface area contributed by atoms with Crippen molar-refractivity contribution >= 4 is 22.4 Å². The minimum atomic E-state index is -0.327. The molecule has 0 aliphatic heterocycles. The Kier molecular flexibility index (Phi) is 4.68. The van der Waals surface area contributed by atoms with Crippen molar-refractivity contribution in [3.8, 4) is 17.1 Å². The topological polar surface area (TPSA) is 56.5 Å². The molecule has 0 bridgehead atoms. The van der Waals surface area contributed by atoms with Crippen molar-refractivity contribution in [3.63, 3.8) is 0 Å². The molecule has 0 N–H and O–H groups in total. The lowest BCUT2D eigenvalue weighted by Crippen LogP contribution is -2.23. The molecule has 27 heavy (non-hydrogen) atoms. The fourth-order valence-electron chi connectivity index (χ4n) is 2.59. The van der Waals surface area contributed by atoms with Crippen LogP contribution in [0.25, 0.3) is 22.4 Å². The van der Waals surface area contributed by atoms with Crippen LogP contribution in [0.3, 0.4) is 0 Å². The minimum absolute atomic E-state index is 0.220. The molecule has 0 saturated carbocycles. The minimum Gasteiger partial charge on any atom is -0.494 e. The standard InChI is InChI=1S/C20H16FN3O2S/c1-2-11-26-16-9-3-13(4-10-16)12-17-19(25)24-20(27-17)22-18(23-24)14-5-7-15(21)8-6-14/h3-10,12H,2,11H2,1H3/b17-12+. The van der Waals surface area contributed by atoms with Crippen molar-refractivity contribution in [3.05, 3.63) is 74.8 Å². The van der Waals surface area contributed by atoms with Gasteiger partial charge in [0.25, 0.3) is 5.56 Å². The van der Waals surface area contributed by atoms with Crippen LogP contribution in [0.1, 0.15) is 18.9 Å². The van der Waals surface area contributed by atoms with Gasteiger partial charge in [0.15, 0.2) is 5.82 Å². The fraction of sp³-hybridized carbons (Fsp3) is 0.150. The second-order valence-electron chi connectivity index (χ2n) is 5.97. The van der Waals surface area contributed by atoms with Crippen molar-refractivity contribution in [2.24, 2.45) is 0 Å². The molecule has 2 aromatic carbocycles. The Labute approximate surface area is 158 Å². The van der Waals surface area contributed by atoms with Gasteiger partial charge in [0.05, 0.1) is 11.1 Å². The van der Waals surface area contributed by atoms with Crippen molar-refractivity contribution < 1.29 is 9.13 Å². The van der Waals surface area contributed by atoms with E-state index in [0.29, 0.717) is 27.5 Å². The maximum Gasteiger partial charge on any atom is 0.291 e. The van der Waals surface area contributed by atoms with E-state index in [-0.39, 0.29) is 11.4 Å². The van der Waals surface area contributed by atoms with Gasteiger partial charge < -0.3 is 4.74 Å². The van der Waals surface area contributed by atoms with Crippen LogP contribution >= 0.6 is 11.3 Å². The van der Waals surface area contributed by atoms with Crippen LogP contribution in [0.4, 0.5) is 4.39 Å². The van der Waals surface area contributed by atoms with Gasteiger partial charge in [-0.25, -0.2) is 4.39 Å². The predicted molar refractivity (Wildman–Crippen MR) is 104 cm³/mol. The molecule has 0 unspecified atom stereocenters. The molecule has 5 nitrogen and oxygen atoms in total. The van der Waals surface area contributed by atoms with Crippen molar-refractivity contribution in [2.45, 2.75) is 13.3 Å². The van der Waals surface area contributed by atoms with E-state index in [1.807, 2.05) is 30.3 Å².